The van der Waals surface area contributed by atoms with Gasteiger partial charge in [-0.05, 0) is 97.8 Å². The number of hydrogen-bond donors (Lipinski definition) is 0. The minimum absolute atomic E-state index is 0.572. The van der Waals surface area contributed by atoms with Crippen LogP contribution >= 0.6 is 95.6 Å². The van der Waals surface area contributed by atoms with Crippen molar-refractivity contribution in [2.75, 3.05) is 7.11 Å². The molecule has 0 fully saturated rings. The summed E-state index contributed by atoms with van der Waals surface area (Å²) >= 11 is 20.9. The SMILES string of the molecule is COc1c(Br)c(Br)c(Br)c(Br)c1Oc1ccc(Br)cc1Br. The first-order valence-electron chi connectivity index (χ1n) is 5.39. The molecule has 0 saturated heterocycles. The van der Waals surface area contributed by atoms with Gasteiger partial charge < -0.3 is 9.47 Å². The topological polar surface area (TPSA) is 18.5 Å². The largest absolute Gasteiger partial charge is 0.492 e. The van der Waals surface area contributed by atoms with E-state index in [2.05, 4.69) is 95.6 Å². The first-order chi connectivity index (χ1) is 9.86. The number of halogens is 6. The molecule has 0 atom stereocenters. The van der Waals surface area contributed by atoms with Gasteiger partial charge in [0.25, 0.3) is 0 Å². The van der Waals surface area contributed by atoms with Gasteiger partial charge in [0, 0.05) is 4.47 Å². The molecule has 0 aliphatic carbocycles. The molecular formula is C13H6Br6O2. The van der Waals surface area contributed by atoms with Crippen molar-refractivity contribution in [1.29, 1.82) is 0 Å². The zero-order chi connectivity index (χ0) is 15.7. The molecule has 0 aromatic heterocycles. The van der Waals surface area contributed by atoms with Gasteiger partial charge in [-0.15, -0.1) is 0 Å². The first-order valence-corrected chi connectivity index (χ1v) is 10.2. The summed E-state index contributed by atoms with van der Waals surface area (Å²) < 4.78 is 16.5. The lowest BCUT2D eigenvalue weighted by Crippen LogP contribution is -1.95. The predicted octanol–water partition coefficient (Wildman–Crippen LogP) is 8.06. The van der Waals surface area contributed by atoms with Crippen LogP contribution in [0.3, 0.4) is 0 Å². The fraction of sp³-hybridized carbons (Fsp3) is 0.0769. The van der Waals surface area contributed by atoms with Crippen LogP contribution in [0, 0.1) is 0 Å². The van der Waals surface area contributed by atoms with Crippen LogP contribution in [-0.4, -0.2) is 7.11 Å². The van der Waals surface area contributed by atoms with Crippen molar-refractivity contribution in [2.45, 2.75) is 0 Å². The van der Waals surface area contributed by atoms with E-state index in [0.717, 1.165) is 26.8 Å². The maximum Gasteiger partial charge on any atom is 0.185 e. The van der Waals surface area contributed by atoms with Crippen LogP contribution in [0.25, 0.3) is 0 Å². The van der Waals surface area contributed by atoms with Crippen molar-refractivity contribution in [1.82, 2.24) is 0 Å². The number of ether oxygens (including phenoxy) is 2. The summed E-state index contributed by atoms with van der Waals surface area (Å²) in [5, 5.41) is 0. The number of benzene rings is 2. The molecule has 0 heterocycles. The van der Waals surface area contributed by atoms with Gasteiger partial charge in [-0.25, -0.2) is 0 Å². The average Bonchev–Trinajstić information content (AvgIpc) is 2.45. The Labute approximate surface area is 172 Å². The van der Waals surface area contributed by atoms with Gasteiger partial charge in [0.05, 0.1) is 29.5 Å². The van der Waals surface area contributed by atoms with Gasteiger partial charge in [-0.3, -0.25) is 0 Å². The van der Waals surface area contributed by atoms with E-state index >= 15 is 0 Å². The molecule has 0 unspecified atom stereocenters. The molecule has 8 heteroatoms. The number of methoxy groups -OCH3 is 1. The molecule has 0 aliphatic heterocycles. The molecule has 0 aliphatic rings. The smallest absolute Gasteiger partial charge is 0.185 e. The van der Waals surface area contributed by atoms with Crippen molar-refractivity contribution < 1.29 is 9.47 Å². The third-order valence-electron chi connectivity index (χ3n) is 2.49. The van der Waals surface area contributed by atoms with E-state index in [0.29, 0.717) is 17.2 Å². The monoisotopic (exact) mass is 668 g/mol. The molecule has 2 rings (SSSR count). The Kier molecular flexibility index (Phi) is 6.66. The molecule has 0 saturated carbocycles. The van der Waals surface area contributed by atoms with E-state index in [1.165, 1.54) is 0 Å². The Balaban J connectivity index is 2.58. The van der Waals surface area contributed by atoms with E-state index in [1.54, 1.807) is 7.11 Å². The lowest BCUT2D eigenvalue weighted by molar-refractivity contribution is 0.374. The molecular weight excluding hydrogens is 668 g/mol. The van der Waals surface area contributed by atoms with Crippen LogP contribution in [0.4, 0.5) is 0 Å². The van der Waals surface area contributed by atoms with Gasteiger partial charge in [0.1, 0.15) is 5.75 Å². The summed E-state index contributed by atoms with van der Waals surface area (Å²) in [5.74, 6) is 1.84. The second-order valence-corrected chi connectivity index (χ2v) is 8.74. The molecule has 21 heavy (non-hydrogen) atoms. The second-order valence-electron chi connectivity index (χ2n) is 3.80. The molecule has 0 N–H and O–H groups in total. The molecule has 2 aromatic carbocycles. The number of hydrogen-bond acceptors (Lipinski definition) is 2. The first kappa shape index (κ1) is 18.3. The van der Waals surface area contributed by atoms with Crippen molar-refractivity contribution in [2.24, 2.45) is 0 Å². The molecule has 112 valence electrons. The molecule has 0 radical (unpaired) electrons. The standard InChI is InChI=1S/C13H6Br6O2/c1-20-12-10(18)8(16)9(17)11(19)13(12)21-7-3-2-5(14)4-6(7)15/h2-4H,1H3. The Hall–Kier alpha value is 0.920. The van der Waals surface area contributed by atoms with Gasteiger partial charge >= 0.3 is 0 Å². The van der Waals surface area contributed by atoms with Crippen molar-refractivity contribution in [3.63, 3.8) is 0 Å². The quantitative estimate of drug-likeness (QED) is 0.243. The van der Waals surface area contributed by atoms with Crippen LogP contribution in [-0.2, 0) is 0 Å². The predicted molar refractivity (Wildman–Crippen MR) is 106 cm³/mol. The highest BCUT2D eigenvalue weighted by molar-refractivity contribution is 9.15. The molecule has 0 amide bonds. The van der Waals surface area contributed by atoms with Crippen LogP contribution in [0.5, 0.6) is 17.2 Å². The highest BCUT2D eigenvalue weighted by Gasteiger charge is 2.22. The Bertz CT molecular complexity index is 702. The third kappa shape index (κ3) is 3.88. The highest BCUT2D eigenvalue weighted by Crippen LogP contribution is 2.52. The zero-order valence-corrected chi connectivity index (χ0v) is 19.8. The van der Waals surface area contributed by atoms with Crippen molar-refractivity contribution in [3.05, 3.63) is 45.0 Å². The number of rotatable bonds is 3. The minimum Gasteiger partial charge on any atom is -0.492 e. The molecule has 2 aromatic rings. The summed E-state index contributed by atoms with van der Waals surface area (Å²) in [6.45, 7) is 0. The lowest BCUT2D eigenvalue weighted by Gasteiger charge is -2.17. The molecule has 0 spiro atoms. The fourth-order valence-electron chi connectivity index (χ4n) is 1.53. The van der Waals surface area contributed by atoms with Crippen LogP contribution in [0.1, 0.15) is 0 Å². The van der Waals surface area contributed by atoms with E-state index < -0.39 is 0 Å². The Morgan fingerprint density at radius 1 is 0.762 bits per heavy atom. The van der Waals surface area contributed by atoms with Gasteiger partial charge in [0.15, 0.2) is 11.5 Å². The normalized spacial score (nSPS) is 10.6. The van der Waals surface area contributed by atoms with Gasteiger partial charge in [-0.2, -0.15) is 0 Å². The highest BCUT2D eigenvalue weighted by atomic mass is 79.9. The second kappa shape index (κ2) is 7.66. The summed E-state index contributed by atoms with van der Waals surface area (Å²) in [6.07, 6.45) is 0. The molecule has 2 nitrogen and oxygen atoms in total. The summed E-state index contributed by atoms with van der Waals surface area (Å²) in [7, 11) is 1.59. The lowest BCUT2D eigenvalue weighted by atomic mass is 10.3. The maximum absolute atomic E-state index is 6.01. The van der Waals surface area contributed by atoms with Crippen LogP contribution < -0.4 is 9.47 Å². The molecule has 0 bridgehead atoms. The zero-order valence-electron chi connectivity index (χ0n) is 10.3. The Morgan fingerprint density at radius 2 is 1.33 bits per heavy atom. The van der Waals surface area contributed by atoms with E-state index in [1.807, 2.05) is 18.2 Å². The van der Waals surface area contributed by atoms with Crippen LogP contribution in [0.2, 0.25) is 0 Å². The third-order valence-corrected chi connectivity index (χ3v) is 8.30. The average molecular weight is 674 g/mol. The summed E-state index contributed by atoms with van der Waals surface area (Å²) in [4.78, 5) is 0. The van der Waals surface area contributed by atoms with Crippen molar-refractivity contribution in [3.8, 4) is 17.2 Å². The fourth-order valence-corrected chi connectivity index (χ4v) is 4.95. The van der Waals surface area contributed by atoms with E-state index in [-0.39, 0.29) is 0 Å². The van der Waals surface area contributed by atoms with Crippen LogP contribution in [0.15, 0.2) is 45.0 Å². The van der Waals surface area contributed by atoms with E-state index in [4.69, 9.17) is 9.47 Å². The minimum atomic E-state index is 0.572. The van der Waals surface area contributed by atoms with Gasteiger partial charge in [-0.1, -0.05) is 15.9 Å². The van der Waals surface area contributed by atoms with Crippen molar-refractivity contribution >= 4 is 95.6 Å². The summed E-state index contributed by atoms with van der Waals surface area (Å²) in [5.41, 5.74) is 0. The summed E-state index contributed by atoms with van der Waals surface area (Å²) in [6, 6.07) is 5.69. The van der Waals surface area contributed by atoms with E-state index in [9.17, 15) is 0 Å². The van der Waals surface area contributed by atoms with Gasteiger partial charge in [0.2, 0.25) is 0 Å². The maximum atomic E-state index is 6.01. The Morgan fingerprint density at radius 3 is 1.86 bits per heavy atom.